The molecule has 0 bridgehead atoms. The van der Waals surface area contributed by atoms with E-state index in [1.807, 2.05) is 12.2 Å². The van der Waals surface area contributed by atoms with Crippen molar-refractivity contribution in [2.45, 2.75) is 46.2 Å². The fraction of sp³-hybridized carbons (Fsp3) is 0.167. The highest BCUT2D eigenvalue weighted by molar-refractivity contribution is 5.78. The summed E-state index contributed by atoms with van der Waals surface area (Å²) in [6, 6.07) is 46.3. The van der Waals surface area contributed by atoms with Gasteiger partial charge in [-0.1, -0.05) is 135 Å². The number of rotatable bonds is 11. The Morgan fingerprint density at radius 1 is 0.804 bits per heavy atom. The van der Waals surface area contributed by atoms with Gasteiger partial charge in [0, 0.05) is 52.6 Å². The van der Waals surface area contributed by atoms with Crippen molar-refractivity contribution in [3.05, 3.63) is 199 Å². The van der Waals surface area contributed by atoms with Crippen LogP contribution >= 0.6 is 0 Å². The van der Waals surface area contributed by atoms with E-state index in [0.29, 0.717) is 6.54 Å². The molecule has 1 aliphatic heterocycles. The minimum absolute atomic E-state index is 0.193. The van der Waals surface area contributed by atoms with Crippen molar-refractivity contribution in [2.24, 2.45) is 0 Å². The highest BCUT2D eigenvalue weighted by Crippen LogP contribution is 2.43. The van der Waals surface area contributed by atoms with Crippen LogP contribution in [0.2, 0.25) is 0 Å². The molecule has 0 fully saturated rings. The van der Waals surface area contributed by atoms with E-state index < -0.39 is 0 Å². The summed E-state index contributed by atoms with van der Waals surface area (Å²) in [7, 11) is 0. The highest BCUT2D eigenvalue weighted by atomic mass is 15.2. The predicted octanol–water partition coefficient (Wildman–Crippen LogP) is 12.9. The zero-order valence-corrected chi connectivity index (χ0v) is 30.4. The second-order valence-electron chi connectivity index (χ2n) is 13.2. The molecule has 0 saturated heterocycles. The number of para-hydroxylation sites is 2. The van der Waals surface area contributed by atoms with Crippen molar-refractivity contribution in [2.75, 3.05) is 21.2 Å². The normalized spacial score (nSPS) is 15.8. The topological polar surface area (TPSA) is 9.72 Å². The Labute approximate surface area is 305 Å². The van der Waals surface area contributed by atoms with Gasteiger partial charge in [-0.3, -0.25) is 0 Å². The number of hydrogen-bond donors (Lipinski definition) is 0. The fourth-order valence-electron chi connectivity index (χ4n) is 6.89. The van der Waals surface area contributed by atoms with Crippen molar-refractivity contribution in [3.63, 3.8) is 0 Å². The second kappa shape index (κ2) is 16.7. The molecular weight excluding hydrogens is 619 g/mol. The third kappa shape index (κ3) is 8.16. The summed E-state index contributed by atoms with van der Waals surface area (Å²) in [5.74, 6) is 0.193. The number of fused-ring (bicyclic) bond motifs is 1. The van der Waals surface area contributed by atoms with Crippen LogP contribution in [-0.2, 0) is 6.54 Å². The largest absolute Gasteiger partial charge is 0.339 e. The number of anilines is 5. The first-order chi connectivity index (χ1) is 25.0. The monoisotopic (exact) mass is 667 g/mol. The van der Waals surface area contributed by atoms with Gasteiger partial charge in [0.25, 0.3) is 0 Å². The van der Waals surface area contributed by atoms with E-state index in [1.165, 1.54) is 45.0 Å². The smallest absolute Gasteiger partial charge is 0.0503 e. The fourth-order valence-corrected chi connectivity index (χ4v) is 6.89. The summed E-state index contributed by atoms with van der Waals surface area (Å²) in [6.45, 7) is 14.4. The van der Waals surface area contributed by atoms with Gasteiger partial charge in [0.15, 0.2) is 0 Å². The Morgan fingerprint density at radius 2 is 1.43 bits per heavy atom. The van der Waals surface area contributed by atoms with Crippen LogP contribution in [0.1, 0.15) is 44.7 Å². The molecule has 0 aliphatic carbocycles. The van der Waals surface area contributed by atoms with Crippen molar-refractivity contribution >= 4 is 28.4 Å². The number of allylic oxidation sites excluding steroid dienone is 7. The van der Waals surface area contributed by atoms with Gasteiger partial charge in [0.05, 0.1) is 6.54 Å². The molecule has 1 aliphatic rings. The summed E-state index contributed by atoms with van der Waals surface area (Å²) in [5.41, 5.74) is 12.0. The molecule has 5 aromatic carbocycles. The van der Waals surface area contributed by atoms with Gasteiger partial charge in [0.1, 0.15) is 0 Å². The van der Waals surface area contributed by atoms with Crippen LogP contribution in [-0.4, -0.2) is 12.6 Å². The molecule has 0 aromatic heterocycles. The lowest BCUT2D eigenvalue weighted by Crippen LogP contribution is -2.29. The molecule has 1 heterocycles. The van der Waals surface area contributed by atoms with Crippen LogP contribution in [0.4, 0.5) is 28.4 Å². The Hall–Kier alpha value is -5.80. The molecule has 0 N–H and O–H groups in total. The summed E-state index contributed by atoms with van der Waals surface area (Å²) in [5, 5.41) is 0. The summed E-state index contributed by atoms with van der Waals surface area (Å²) in [4.78, 5) is 7.38. The molecule has 0 amide bonds. The summed E-state index contributed by atoms with van der Waals surface area (Å²) < 4.78 is 0. The summed E-state index contributed by atoms with van der Waals surface area (Å²) >= 11 is 0. The molecule has 51 heavy (non-hydrogen) atoms. The molecule has 256 valence electrons. The molecular formula is C48H49N3. The van der Waals surface area contributed by atoms with E-state index in [4.69, 9.17) is 0 Å². The van der Waals surface area contributed by atoms with Gasteiger partial charge in [-0.15, -0.1) is 0 Å². The van der Waals surface area contributed by atoms with Crippen molar-refractivity contribution in [1.29, 1.82) is 0 Å². The molecule has 0 spiro atoms. The van der Waals surface area contributed by atoms with Crippen molar-refractivity contribution in [1.82, 2.24) is 0 Å². The number of benzene rings is 5. The first kappa shape index (κ1) is 35.0. The lowest BCUT2D eigenvalue weighted by Gasteiger charge is -2.36. The number of hydrogen-bond acceptors (Lipinski definition) is 3. The standard InChI is InChI=1S/C48H49N3/c1-6-8-24-42(7-2)50(43-25-16-10-17-26-43)36-41-34-48-46(35-47(41)51(37(3)4)45-27-18-11-19-28-45)38(5)21-13-12-20-33-49(48)44-31-29-40(30-32-44)39-22-14-9-15-23-39/h6-32,34-35,37-38H,1,33,36H2,2-5H3/b20-12-,21-13-,24-8-,42-7+. The highest BCUT2D eigenvalue weighted by Gasteiger charge is 2.25. The van der Waals surface area contributed by atoms with Crippen LogP contribution in [0, 0.1) is 0 Å². The Morgan fingerprint density at radius 3 is 2.06 bits per heavy atom. The first-order valence-corrected chi connectivity index (χ1v) is 18.0. The van der Waals surface area contributed by atoms with E-state index in [2.05, 4.69) is 213 Å². The molecule has 1 unspecified atom stereocenters. The van der Waals surface area contributed by atoms with Gasteiger partial charge in [-0.25, -0.2) is 0 Å². The molecule has 0 saturated carbocycles. The molecule has 5 aromatic rings. The maximum Gasteiger partial charge on any atom is 0.0503 e. The van der Waals surface area contributed by atoms with Gasteiger partial charge in [0.2, 0.25) is 0 Å². The maximum atomic E-state index is 3.96. The van der Waals surface area contributed by atoms with Gasteiger partial charge in [-0.05, 0) is 97.6 Å². The Bertz CT molecular complexity index is 2000. The molecule has 0 radical (unpaired) electrons. The lowest BCUT2D eigenvalue weighted by atomic mass is 9.93. The first-order valence-electron chi connectivity index (χ1n) is 18.0. The third-order valence-electron chi connectivity index (χ3n) is 9.45. The van der Waals surface area contributed by atoms with E-state index in [0.717, 1.165) is 17.9 Å². The average molecular weight is 668 g/mol. The van der Waals surface area contributed by atoms with Crippen LogP contribution in [0.15, 0.2) is 188 Å². The summed E-state index contributed by atoms with van der Waals surface area (Å²) in [6.07, 6.45) is 17.1. The SMILES string of the molecule is C=C/C=C\C(=C/C)N(Cc1cc2c(cc1N(c1ccccc1)C(C)C)C(C)/C=C\C=C/CN2c1ccc(-c2ccccc2)cc1)c1ccccc1. The zero-order chi connectivity index (χ0) is 35.6. The van der Waals surface area contributed by atoms with Gasteiger partial charge < -0.3 is 14.7 Å². The Kier molecular flexibility index (Phi) is 11.5. The van der Waals surface area contributed by atoms with Crippen molar-refractivity contribution < 1.29 is 0 Å². The minimum Gasteiger partial charge on any atom is -0.339 e. The van der Waals surface area contributed by atoms with E-state index in [1.54, 1.807) is 0 Å². The maximum absolute atomic E-state index is 3.96. The van der Waals surface area contributed by atoms with E-state index in [9.17, 15) is 0 Å². The van der Waals surface area contributed by atoms with Crippen LogP contribution < -0.4 is 14.7 Å². The molecule has 6 rings (SSSR count). The average Bonchev–Trinajstić information content (AvgIpc) is 3.24. The van der Waals surface area contributed by atoms with Gasteiger partial charge in [-0.2, -0.15) is 0 Å². The molecule has 3 nitrogen and oxygen atoms in total. The van der Waals surface area contributed by atoms with Crippen LogP contribution in [0.5, 0.6) is 0 Å². The zero-order valence-electron chi connectivity index (χ0n) is 30.4. The van der Waals surface area contributed by atoms with Crippen LogP contribution in [0.3, 0.4) is 0 Å². The second-order valence-corrected chi connectivity index (χ2v) is 13.2. The number of nitrogens with zero attached hydrogens (tertiary/aromatic N) is 3. The predicted molar refractivity (Wildman–Crippen MR) is 221 cm³/mol. The molecule has 1 atom stereocenters. The minimum atomic E-state index is 0.193. The quantitative estimate of drug-likeness (QED) is 0.130. The van der Waals surface area contributed by atoms with Crippen LogP contribution in [0.25, 0.3) is 11.1 Å². The molecule has 3 heteroatoms. The van der Waals surface area contributed by atoms with Crippen molar-refractivity contribution in [3.8, 4) is 11.1 Å². The van der Waals surface area contributed by atoms with E-state index in [-0.39, 0.29) is 12.0 Å². The van der Waals surface area contributed by atoms with E-state index >= 15 is 0 Å². The third-order valence-corrected chi connectivity index (χ3v) is 9.45. The van der Waals surface area contributed by atoms with Gasteiger partial charge >= 0.3 is 0 Å². The lowest BCUT2D eigenvalue weighted by molar-refractivity contribution is 0.778. The Balaban J connectivity index is 1.58.